The molecular formula is C34H43FN4O5. The van der Waals surface area contributed by atoms with Crippen LogP contribution in [-0.4, -0.2) is 63.4 Å². The SMILES string of the molecule is CCCC(CCC)N(C(=O)CN1CC(c2ccc3c(c2)OCO3)C(C(=O)O)C1CCc1nccn1C)c1ccc(F)c(C)c1. The number of anilines is 1. The first-order chi connectivity index (χ1) is 21.2. The van der Waals surface area contributed by atoms with Gasteiger partial charge in [0, 0.05) is 56.1 Å². The number of imidazole rings is 1. The van der Waals surface area contributed by atoms with Gasteiger partial charge >= 0.3 is 5.97 Å². The number of fused-ring (bicyclic) bond motifs is 1. The number of rotatable bonds is 13. The van der Waals surface area contributed by atoms with E-state index in [-0.39, 0.29) is 37.0 Å². The van der Waals surface area contributed by atoms with Gasteiger partial charge in [0.2, 0.25) is 12.7 Å². The molecule has 44 heavy (non-hydrogen) atoms. The monoisotopic (exact) mass is 606 g/mol. The first-order valence-electron chi connectivity index (χ1n) is 15.6. The maximum atomic E-state index is 14.4. The van der Waals surface area contributed by atoms with Crippen LogP contribution in [0.25, 0.3) is 0 Å². The Hall–Kier alpha value is -3.92. The predicted octanol–water partition coefficient (Wildman–Crippen LogP) is 5.70. The number of hydrogen-bond donors (Lipinski definition) is 1. The predicted molar refractivity (Wildman–Crippen MR) is 166 cm³/mol. The van der Waals surface area contributed by atoms with E-state index in [1.165, 1.54) is 6.07 Å². The second-order valence-electron chi connectivity index (χ2n) is 12.0. The Morgan fingerprint density at radius 3 is 2.52 bits per heavy atom. The third kappa shape index (κ3) is 6.60. The van der Waals surface area contributed by atoms with Gasteiger partial charge < -0.3 is 24.0 Å². The Bertz CT molecular complexity index is 1470. The molecule has 1 N–H and O–H groups in total. The number of carbonyl (C=O) groups excluding carboxylic acids is 1. The summed E-state index contributed by atoms with van der Waals surface area (Å²) in [5.41, 5.74) is 2.00. The Morgan fingerprint density at radius 2 is 1.86 bits per heavy atom. The summed E-state index contributed by atoms with van der Waals surface area (Å²) in [6, 6.07) is 9.98. The van der Waals surface area contributed by atoms with E-state index in [1.807, 2.05) is 45.8 Å². The second kappa shape index (κ2) is 13.8. The fourth-order valence-corrected chi connectivity index (χ4v) is 6.90. The van der Waals surface area contributed by atoms with Crippen LogP contribution in [0.3, 0.4) is 0 Å². The number of carboxylic acid groups (broad SMARTS) is 1. The molecule has 2 aliphatic rings. The second-order valence-corrected chi connectivity index (χ2v) is 12.0. The largest absolute Gasteiger partial charge is 0.481 e. The molecule has 1 saturated heterocycles. The number of aromatic nitrogens is 2. The maximum absolute atomic E-state index is 14.4. The summed E-state index contributed by atoms with van der Waals surface area (Å²) in [5.74, 6) is -0.314. The number of nitrogens with zero attached hydrogens (tertiary/aromatic N) is 4. The Kier molecular flexibility index (Phi) is 9.88. The summed E-state index contributed by atoms with van der Waals surface area (Å²) < 4.78 is 27.3. The van der Waals surface area contributed by atoms with Crippen LogP contribution in [0.4, 0.5) is 10.1 Å². The summed E-state index contributed by atoms with van der Waals surface area (Å²) in [6.07, 6.45) is 8.14. The van der Waals surface area contributed by atoms with E-state index in [0.717, 1.165) is 37.1 Å². The number of amides is 1. The molecule has 3 atom stereocenters. The topological polar surface area (TPSA) is 97.1 Å². The summed E-state index contributed by atoms with van der Waals surface area (Å²) in [5, 5.41) is 10.6. The Morgan fingerprint density at radius 1 is 1.11 bits per heavy atom. The zero-order valence-corrected chi connectivity index (χ0v) is 26.0. The molecule has 3 unspecified atom stereocenters. The van der Waals surface area contributed by atoms with Gasteiger partial charge in [0.15, 0.2) is 11.5 Å². The highest BCUT2D eigenvalue weighted by molar-refractivity contribution is 5.95. The molecule has 1 aromatic heterocycles. The van der Waals surface area contributed by atoms with Gasteiger partial charge in [-0.2, -0.15) is 0 Å². The fraction of sp³-hybridized carbons (Fsp3) is 0.500. The number of aliphatic carboxylic acids is 1. The van der Waals surface area contributed by atoms with E-state index < -0.39 is 17.9 Å². The number of halogens is 1. The number of carboxylic acids is 1. The molecule has 3 heterocycles. The van der Waals surface area contributed by atoms with Crippen LogP contribution in [0.2, 0.25) is 0 Å². The smallest absolute Gasteiger partial charge is 0.308 e. The van der Waals surface area contributed by atoms with E-state index in [0.29, 0.717) is 42.1 Å². The van der Waals surface area contributed by atoms with Crippen molar-refractivity contribution in [1.82, 2.24) is 14.5 Å². The minimum absolute atomic E-state index is 0.0455. The van der Waals surface area contributed by atoms with Crippen molar-refractivity contribution in [3.63, 3.8) is 0 Å². The van der Waals surface area contributed by atoms with E-state index >= 15 is 0 Å². The Balaban J connectivity index is 1.49. The van der Waals surface area contributed by atoms with Gasteiger partial charge in [-0.15, -0.1) is 0 Å². The molecule has 0 spiro atoms. The van der Waals surface area contributed by atoms with Crippen molar-refractivity contribution in [1.29, 1.82) is 0 Å². The molecule has 0 aliphatic carbocycles. The molecular weight excluding hydrogens is 563 g/mol. The minimum Gasteiger partial charge on any atom is -0.481 e. The van der Waals surface area contributed by atoms with Crippen molar-refractivity contribution < 1.29 is 28.6 Å². The standard InChI is InChI=1S/C34H43FN4O5/c1-5-7-24(8-6-2)39(25-10-11-27(35)22(3)17-25)32(40)20-38-19-26(23-9-13-29-30(18-23)44-21-43-29)33(34(41)42)28(38)12-14-31-36-15-16-37(31)4/h9-11,13,15-18,24,26,28,33H,5-8,12,14,19-21H2,1-4H3,(H,41,42). The zero-order valence-electron chi connectivity index (χ0n) is 26.0. The molecule has 1 fully saturated rings. The lowest BCUT2D eigenvalue weighted by molar-refractivity contribution is -0.143. The number of ether oxygens (including phenoxy) is 2. The van der Waals surface area contributed by atoms with Gasteiger partial charge in [-0.3, -0.25) is 14.5 Å². The van der Waals surface area contributed by atoms with Crippen LogP contribution < -0.4 is 14.4 Å². The van der Waals surface area contributed by atoms with Crippen LogP contribution in [0, 0.1) is 18.7 Å². The molecule has 5 rings (SSSR count). The third-order valence-electron chi connectivity index (χ3n) is 9.08. The van der Waals surface area contributed by atoms with Crippen molar-refractivity contribution in [2.75, 3.05) is 24.8 Å². The summed E-state index contributed by atoms with van der Waals surface area (Å²) in [4.78, 5) is 35.7. The van der Waals surface area contributed by atoms with Crippen LogP contribution in [0.15, 0.2) is 48.8 Å². The lowest BCUT2D eigenvalue weighted by Gasteiger charge is -2.35. The summed E-state index contributed by atoms with van der Waals surface area (Å²) in [6.45, 7) is 6.49. The number of benzene rings is 2. The van der Waals surface area contributed by atoms with E-state index in [1.54, 1.807) is 25.3 Å². The fourth-order valence-electron chi connectivity index (χ4n) is 6.90. The van der Waals surface area contributed by atoms with Gasteiger partial charge in [0.1, 0.15) is 11.6 Å². The zero-order chi connectivity index (χ0) is 31.4. The molecule has 2 aliphatic heterocycles. The Labute approximate surface area is 258 Å². The quantitative estimate of drug-likeness (QED) is 0.267. The van der Waals surface area contributed by atoms with Gasteiger partial charge in [0.05, 0.1) is 12.5 Å². The molecule has 236 valence electrons. The van der Waals surface area contributed by atoms with E-state index in [2.05, 4.69) is 18.8 Å². The summed E-state index contributed by atoms with van der Waals surface area (Å²) >= 11 is 0. The average Bonchev–Trinajstić information content (AvgIpc) is 3.72. The number of aryl methyl sites for hydroxylation is 3. The van der Waals surface area contributed by atoms with Gasteiger partial charge in [-0.25, -0.2) is 9.37 Å². The molecule has 0 bridgehead atoms. The van der Waals surface area contributed by atoms with Crippen LogP contribution in [-0.2, 0) is 23.1 Å². The minimum atomic E-state index is -0.895. The highest BCUT2D eigenvalue weighted by Gasteiger charge is 2.47. The molecule has 10 heteroatoms. The molecule has 2 aromatic carbocycles. The van der Waals surface area contributed by atoms with Crippen molar-refractivity contribution in [3.05, 3.63) is 71.6 Å². The number of hydrogen-bond acceptors (Lipinski definition) is 6. The number of carbonyl (C=O) groups is 2. The first-order valence-corrected chi connectivity index (χ1v) is 15.6. The lowest BCUT2D eigenvalue weighted by atomic mass is 9.83. The van der Waals surface area contributed by atoms with E-state index in [9.17, 15) is 19.1 Å². The van der Waals surface area contributed by atoms with E-state index in [4.69, 9.17) is 9.47 Å². The normalized spacial score (nSPS) is 19.5. The van der Waals surface area contributed by atoms with Crippen LogP contribution in [0.1, 0.15) is 68.8 Å². The highest BCUT2D eigenvalue weighted by atomic mass is 19.1. The maximum Gasteiger partial charge on any atom is 0.308 e. The number of likely N-dealkylation sites (tertiary alicyclic amines) is 1. The van der Waals surface area contributed by atoms with Gasteiger partial charge in [-0.05, 0) is 67.6 Å². The first kappa shape index (κ1) is 31.5. The molecule has 3 aromatic rings. The van der Waals surface area contributed by atoms with Crippen molar-refractivity contribution in [2.24, 2.45) is 13.0 Å². The summed E-state index contributed by atoms with van der Waals surface area (Å²) in [7, 11) is 1.92. The van der Waals surface area contributed by atoms with Crippen molar-refractivity contribution >= 4 is 17.6 Å². The van der Waals surface area contributed by atoms with Crippen molar-refractivity contribution in [3.8, 4) is 11.5 Å². The molecule has 0 radical (unpaired) electrons. The molecule has 9 nitrogen and oxygen atoms in total. The van der Waals surface area contributed by atoms with Crippen LogP contribution >= 0.6 is 0 Å². The molecule has 0 saturated carbocycles. The van der Waals surface area contributed by atoms with Crippen molar-refractivity contribution in [2.45, 2.75) is 77.3 Å². The third-order valence-corrected chi connectivity index (χ3v) is 9.08. The van der Waals surface area contributed by atoms with Gasteiger partial charge in [0.25, 0.3) is 0 Å². The molecule has 1 amide bonds. The average molecular weight is 607 g/mol. The highest BCUT2D eigenvalue weighted by Crippen LogP contribution is 2.43. The lowest BCUT2D eigenvalue weighted by Crippen LogP contribution is -2.48. The van der Waals surface area contributed by atoms with Crippen LogP contribution in [0.5, 0.6) is 11.5 Å². The van der Waals surface area contributed by atoms with Gasteiger partial charge in [-0.1, -0.05) is 32.8 Å².